The van der Waals surface area contributed by atoms with Crippen LogP contribution in [0.25, 0.3) is 0 Å². The Morgan fingerprint density at radius 3 is 2.76 bits per heavy atom. The molecule has 4 heteroatoms. The predicted molar refractivity (Wildman–Crippen MR) is 71.8 cm³/mol. The van der Waals surface area contributed by atoms with E-state index in [2.05, 4.69) is 31.2 Å². The summed E-state index contributed by atoms with van der Waals surface area (Å²) in [6, 6.07) is 1.44. The third-order valence-electron chi connectivity index (χ3n) is 2.58. The van der Waals surface area contributed by atoms with Crippen LogP contribution in [0.4, 0.5) is 0 Å². The highest BCUT2D eigenvalue weighted by molar-refractivity contribution is 7.12. The molecular weight excluding hydrogens is 232 g/mol. The second kappa shape index (κ2) is 5.85. The molecule has 0 saturated carbocycles. The highest BCUT2D eigenvalue weighted by Crippen LogP contribution is 2.26. The average Bonchev–Trinajstić information content (AvgIpc) is 2.58. The van der Waals surface area contributed by atoms with Crippen molar-refractivity contribution in [2.45, 2.75) is 39.3 Å². The summed E-state index contributed by atoms with van der Waals surface area (Å²) in [5.41, 5.74) is 6.79. The van der Waals surface area contributed by atoms with Crippen molar-refractivity contribution in [2.75, 3.05) is 0 Å². The van der Waals surface area contributed by atoms with E-state index in [-0.39, 0.29) is 18.4 Å². The van der Waals surface area contributed by atoms with E-state index in [0.29, 0.717) is 0 Å². The lowest BCUT2D eigenvalue weighted by Gasteiger charge is -2.16. The van der Waals surface area contributed by atoms with E-state index < -0.39 is 6.04 Å². The lowest BCUT2D eigenvalue weighted by molar-refractivity contribution is -0.122. The molecule has 1 rings (SSSR count). The summed E-state index contributed by atoms with van der Waals surface area (Å²) in [5, 5.41) is 2.88. The van der Waals surface area contributed by atoms with Crippen molar-refractivity contribution >= 4 is 17.2 Å². The molecular formula is C13H18N2OS. The Hall–Kier alpha value is -1.31. The zero-order valence-corrected chi connectivity index (χ0v) is 11.2. The van der Waals surface area contributed by atoms with Gasteiger partial charge in [-0.3, -0.25) is 4.79 Å². The van der Waals surface area contributed by atoms with Crippen molar-refractivity contribution in [1.29, 1.82) is 0 Å². The standard InChI is InChI=1S/C13H18N2OS/c1-5-6-12(14)13(16)15-9(3)11-7-8(2)17-10(11)4/h1,7,9,12H,6,14H2,2-4H3,(H,15,16). The number of rotatable bonds is 4. The zero-order chi connectivity index (χ0) is 13.0. The molecule has 92 valence electrons. The zero-order valence-electron chi connectivity index (χ0n) is 10.4. The summed E-state index contributed by atoms with van der Waals surface area (Å²) in [4.78, 5) is 14.2. The van der Waals surface area contributed by atoms with Crippen LogP contribution in [0.3, 0.4) is 0 Å². The first-order valence-electron chi connectivity index (χ1n) is 5.52. The molecule has 17 heavy (non-hydrogen) atoms. The first-order chi connectivity index (χ1) is 7.95. The van der Waals surface area contributed by atoms with Gasteiger partial charge in [-0.15, -0.1) is 23.7 Å². The minimum absolute atomic E-state index is 0.0312. The predicted octanol–water partition coefficient (Wildman–Crippen LogP) is 1.89. The number of carbonyl (C=O) groups is 1. The number of amides is 1. The first kappa shape index (κ1) is 13.8. The molecule has 0 saturated heterocycles. The number of carbonyl (C=O) groups excluding carboxylic acids is 1. The van der Waals surface area contributed by atoms with Crippen molar-refractivity contribution < 1.29 is 4.79 Å². The largest absolute Gasteiger partial charge is 0.348 e. The number of nitrogens with one attached hydrogen (secondary N) is 1. The molecule has 3 N–H and O–H groups in total. The van der Waals surface area contributed by atoms with Gasteiger partial charge in [-0.2, -0.15) is 0 Å². The number of thiophene rings is 1. The van der Waals surface area contributed by atoms with Gasteiger partial charge in [-0.05, 0) is 32.4 Å². The number of hydrogen-bond donors (Lipinski definition) is 2. The Balaban J connectivity index is 2.67. The van der Waals surface area contributed by atoms with Crippen LogP contribution in [-0.4, -0.2) is 11.9 Å². The van der Waals surface area contributed by atoms with Gasteiger partial charge >= 0.3 is 0 Å². The van der Waals surface area contributed by atoms with Gasteiger partial charge in [-0.1, -0.05) is 0 Å². The third kappa shape index (κ3) is 3.58. The molecule has 1 aromatic heterocycles. The molecule has 0 radical (unpaired) electrons. The van der Waals surface area contributed by atoms with Crippen LogP contribution < -0.4 is 11.1 Å². The molecule has 3 nitrogen and oxygen atoms in total. The molecule has 0 bridgehead atoms. The smallest absolute Gasteiger partial charge is 0.238 e. The van der Waals surface area contributed by atoms with Crippen LogP contribution in [0.2, 0.25) is 0 Å². The molecule has 1 heterocycles. The maximum absolute atomic E-state index is 11.7. The maximum atomic E-state index is 11.7. The first-order valence-corrected chi connectivity index (χ1v) is 6.33. The molecule has 0 aliphatic rings. The second-order valence-corrected chi connectivity index (χ2v) is 5.57. The van der Waals surface area contributed by atoms with Gasteiger partial charge in [0.15, 0.2) is 0 Å². The van der Waals surface area contributed by atoms with E-state index >= 15 is 0 Å². The van der Waals surface area contributed by atoms with E-state index in [1.54, 1.807) is 11.3 Å². The highest BCUT2D eigenvalue weighted by Gasteiger charge is 2.17. The minimum Gasteiger partial charge on any atom is -0.348 e. The topological polar surface area (TPSA) is 55.1 Å². The minimum atomic E-state index is -0.623. The van der Waals surface area contributed by atoms with E-state index in [0.717, 1.165) is 5.56 Å². The fourth-order valence-corrected chi connectivity index (χ4v) is 2.72. The van der Waals surface area contributed by atoms with Gasteiger partial charge in [0.25, 0.3) is 0 Å². The van der Waals surface area contributed by atoms with Gasteiger partial charge in [0, 0.05) is 16.2 Å². The van der Waals surface area contributed by atoms with Crippen molar-refractivity contribution in [3.8, 4) is 12.3 Å². The van der Waals surface area contributed by atoms with Gasteiger partial charge < -0.3 is 11.1 Å². The number of hydrogen-bond acceptors (Lipinski definition) is 3. The number of nitrogens with two attached hydrogens (primary N) is 1. The Morgan fingerprint density at radius 1 is 1.65 bits per heavy atom. The summed E-state index contributed by atoms with van der Waals surface area (Å²) in [5.74, 6) is 2.20. The number of terminal acetylenes is 1. The SMILES string of the molecule is C#CCC(N)C(=O)NC(C)c1cc(C)sc1C. The van der Waals surface area contributed by atoms with E-state index in [9.17, 15) is 4.79 Å². The molecule has 0 aliphatic carbocycles. The van der Waals surface area contributed by atoms with E-state index in [1.165, 1.54) is 9.75 Å². The van der Waals surface area contributed by atoms with Gasteiger partial charge in [0.05, 0.1) is 12.1 Å². The summed E-state index contributed by atoms with van der Waals surface area (Å²) < 4.78 is 0. The molecule has 0 aliphatic heterocycles. The maximum Gasteiger partial charge on any atom is 0.238 e. The molecule has 1 aromatic rings. The van der Waals surface area contributed by atoms with Crippen LogP contribution in [0.1, 0.15) is 34.7 Å². The van der Waals surface area contributed by atoms with Gasteiger partial charge in [0.1, 0.15) is 0 Å². The third-order valence-corrected chi connectivity index (χ3v) is 3.56. The average molecular weight is 250 g/mol. The molecule has 2 atom stereocenters. The summed E-state index contributed by atoms with van der Waals surface area (Å²) >= 11 is 1.73. The summed E-state index contributed by atoms with van der Waals surface area (Å²) in [7, 11) is 0. The van der Waals surface area contributed by atoms with Crippen molar-refractivity contribution in [2.24, 2.45) is 5.73 Å². The Bertz CT molecular complexity index is 445. The fourth-order valence-electron chi connectivity index (χ4n) is 1.70. The van der Waals surface area contributed by atoms with Crippen LogP contribution in [0, 0.1) is 26.2 Å². The highest BCUT2D eigenvalue weighted by atomic mass is 32.1. The van der Waals surface area contributed by atoms with Crippen LogP contribution in [0.5, 0.6) is 0 Å². The quantitative estimate of drug-likeness (QED) is 0.802. The van der Waals surface area contributed by atoms with Crippen LogP contribution in [0.15, 0.2) is 6.07 Å². The van der Waals surface area contributed by atoms with Gasteiger partial charge in [0.2, 0.25) is 5.91 Å². The normalized spacial score (nSPS) is 13.8. The molecule has 0 fully saturated rings. The number of aryl methyl sites for hydroxylation is 2. The molecule has 0 aromatic carbocycles. The lowest BCUT2D eigenvalue weighted by atomic mass is 10.1. The molecule has 1 amide bonds. The summed E-state index contributed by atoms with van der Waals surface area (Å²) in [6.45, 7) is 6.06. The second-order valence-electron chi connectivity index (χ2n) is 4.11. The lowest BCUT2D eigenvalue weighted by Crippen LogP contribution is -2.41. The van der Waals surface area contributed by atoms with Crippen molar-refractivity contribution in [1.82, 2.24) is 5.32 Å². The van der Waals surface area contributed by atoms with Crippen molar-refractivity contribution in [3.05, 3.63) is 21.4 Å². The van der Waals surface area contributed by atoms with E-state index in [4.69, 9.17) is 12.2 Å². The van der Waals surface area contributed by atoms with Crippen molar-refractivity contribution in [3.63, 3.8) is 0 Å². The summed E-state index contributed by atoms with van der Waals surface area (Å²) in [6.07, 6.45) is 5.39. The Kier molecular flexibility index (Phi) is 4.73. The molecule has 2 unspecified atom stereocenters. The fraction of sp³-hybridized carbons (Fsp3) is 0.462. The molecule has 0 spiro atoms. The van der Waals surface area contributed by atoms with Gasteiger partial charge in [-0.25, -0.2) is 0 Å². The van der Waals surface area contributed by atoms with Crippen LogP contribution >= 0.6 is 11.3 Å². The van der Waals surface area contributed by atoms with Crippen LogP contribution in [-0.2, 0) is 4.79 Å². The Morgan fingerprint density at radius 2 is 2.29 bits per heavy atom. The van der Waals surface area contributed by atoms with E-state index in [1.807, 2.05) is 6.92 Å². The Labute approximate surface area is 106 Å². The monoisotopic (exact) mass is 250 g/mol.